The van der Waals surface area contributed by atoms with Crippen molar-refractivity contribution in [3.8, 4) is 0 Å². The van der Waals surface area contributed by atoms with Gasteiger partial charge in [-0.1, -0.05) is 15.9 Å². The number of aliphatic imine (C=N–C) groups is 1. The first kappa shape index (κ1) is 10.2. The third-order valence-electron chi connectivity index (χ3n) is 1.31. The van der Waals surface area contributed by atoms with Crippen LogP contribution >= 0.6 is 28.1 Å². The number of benzene rings is 1. The lowest BCUT2D eigenvalue weighted by Gasteiger charge is -1.96. The molecule has 0 unspecified atom stereocenters. The first-order valence-corrected chi connectivity index (χ1v) is 4.42. The number of carbonyl (C=O) groups excluding carboxylic acids is 1. The van der Waals surface area contributed by atoms with Gasteiger partial charge < -0.3 is 0 Å². The van der Waals surface area contributed by atoms with Crippen molar-refractivity contribution in [1.29, 1.82) is 0 Å². The highest BCUT2D eigenvalue weighted by molar-refractivity contribution is 9.10. The zero-order valence-corrected chi connectivity index (χ0v) is 8.65. The smallest absolute Gasteiger partial charge is 0.266 e. The summed E-state index contributed by atoms with van der Waals surface area (Å²) >= 11 is 7.34. The van der Waals surface area contributed by atoms with Crippen LogP contribution < -0.4 is 0 Å². The number of halogens is 2. The number of amides is 1. The predicted molar refractivity (Wildman–Crippen MR) is 53.5 cm³/mol. The number of nitrogens with zero attached hydrogens (tertiary/aromatic N) is 1. The summed E-state index contributed by atoms with van der Waals surface area (Å²) in [6.07, 6.45) is 0. The molecule has 0 bridgehead atoms. The van der Waals surface area contributed by atoms with Crippen molar-refractivity contribution in [1.82, 2.24) is 0 Å². The van der Waals surface area contributed by atoms with Crippen LogP contribution in [0.3, 0.4) is 0 Å². The molecule has 1 aromatic rings. The number of hydrogen-bond donors (Lipinski definition) is 0. The molecular weight excluding hydrogens is 257 g/mol. The van der Waals surface area contributed by atoms with E-state index < -0.39 is 11.7 Å². The number of thiocarbonyl (C=S) groups is 1. The van der Waals surface area contributed by atoms with Gasteiger partial charge in [0.1, 0.15) is 5.82 Å². The molecule has 66 valence electrons. The van der Waals surface area contributed by atoms with Crippen molar-refractivity contribution in [2.45, 2.75) is 0 Å². The van der Waals surface area contributed by atoms with Gasteiger partial charge in [0.05, 0.1) is 10.7 Å². The van der Waals surface area contributed by atoms with Crippen LogP contribution in [0.25, 0.3) is 0 Å². The lowest BCUT2D eigenvalue weighted by Crippen LogP contribution is -1.98. The van der Waals surface area contributed by atoms with Crippen LogP contribution in [0, 0.1) is 5.82 Å². The molecule has 2 nitrogen and oxygen atoms in total. The summed E-state index contributed by atoms with van der Waals surface area (Å²) in [6.45, 7) is 0. The van der Waals surface area contributed by atoms with Crippen LogP contribution in [0.2, 0.25) is 0 Å². The second-order valence-electron chi connectivity index (χ2n) is 2.13. The SMILES string of the molecule is O=C(N=C=S)c1cc(Br)ccc1F. The Balaban J connectivity index is 3.20. The Kier molecular flexibility index (Phi) is 3.42. The van der Waals surface area contributed by atoms with Gasteiger partial charge in [0.15, 0.2) is 0 Å². The van der Waals surface area contributed by atoms with E-state index in [4.69, 9.17) is 0 Å². The molecule has 0 saturated carbocycles. The summed E-state index contributed by atoms with van der Waals surface area (Å²) in [5.74, 6) is -1.35. The summed E-state index contributed by atoms with van der Waals surface area (Å²) in [7, 11) is 0. The topological polar surface area (TPSA) is 29.4 Å². The van der Waals surface area contributed by atoms with E-state index in [-0.39, 0.29) is 5.56 Å². The summed E-state index contributed by atoms with van der Waals surface area (Å²) in [5.41, 5.74) is -0.119. The Morgan fingerprint density at radius 1 is 1.62 bits per heavy atom. The maximum Gasteiger partial charge on any atom is 0.288 e. The third-order valence-corrected chi connectivity index (χ3v) is 1.89. The molecular formula is C8H3BrFNOS. The van der Waals surface area contributed by atoms with Crippen LogP contribution in [0.5, 0.6) is 0 Å². The number of carbonyl (C=O) groups is 1. The molecule has 0 radical (unpaired) electrons. The van der Waals surface area contributed by atoms with Gasteiger partial charge in [-0.25, -0.2) is 4.39 Å². The summed E-state index contributed by atoms with van der Waals surface area (Å²) in [6, 6.07) is 4.01. The van der Waals surface area contributed by atoms with Gasteiger partial charge in [-0.15, -0.1) is 0 Å². The molecule has 0 spiro atoms. The third kappa shape index (κ3) is 2.52. The van der Waals surface area contributed by atoms with E-state index in [2.05, 4.69) is 33.1 Å². The number of rotatable bonds is 1. The normalized spacial score (nSPS) is 9.08. The fourth-order valence-corrected chi connectivity index (χ4v) is 1.21. The van der Waals surface area contributed by atoms with Crippen molar-refractivity contribution in [2.24, 2.45) is 4.99 Å². The first-order valence-electron chi connectivity index (χ1n) is 3.22. The highest BCUT2D eigenvalue weighted by atomic mass is 79.9. The van der Waals surface area contributed by atoms with Gasteiger partial charge in [-0.3, -0.25) is 4.79 Å². The standard InChI is InChI=1S/C8H3BrFNOS/c9-5-1-2-7(10)6(3-5)8(12)11-4-13/h1-3H. The summed E-state index contributed by atoms with van der Waals surface area (Å²) in [5, 5.41) is 1.89. The van der Waals surface area contributed by atoms with E-state index in [1.807, 2.05) is 5.16 Å². The van der Waals surface area contributed by atoms with Crippen molar-refractivity contribution < 1.29 is 9.18 Å². The van der Waals surface area contributed by atoms with E-state index in [1.54, 1.807) is 0 Å². The maximum atomic E-state index is 13.0. The molecule has 1 amide bonds. The minimum absolute atomic E-state index is 0.119. The second kappa shape index (κ2) is 4.37. The van der Waals surface area contributed by atoms with E-state index in [1.165, 1.54) is 18.2 Å². The average molecular weight is 260 g/mol. The lowest BCUT2D eigenvalue weighted by molar-refractivity contribution is 0.1000. The van der Waals surface area contributed by atoms with Crippen molar-refractivity contribution >= 4 is 39.2 Å². The van der Waals surface area contributed by atoms with Gasteiger partial charge in [-0.05, 0) is 30.4 Å². The molecule has 0 N–H and O–H groups in total. The fraction of sp³-hybridized carbons (Fsp3) is 0. The van der Waals surface area contributed by atoms with Gasteiger partial charge in [0.2, 0.25) is 0 Å². The van der Waals surface area contributed by atoms with Gasteiger partial charge in [0, 0.05) is 4.47 Å². The average Bonchev–Trinajstić information content (AvgIpc) is 2.09. The number of hydrogen-bond acceptors (Lipinski definition) is 2. The Bertz CT molecular complexity index is 401. The molecule has 1 rings (SSSR count). The Morgan fingerprint density at radius 3 is 2.92 bits per heavy atom. The van der Waals surface area contributed by atoms with Crippen LogP contribution in [0.1, 0.15) is 10.4 Å². The van der Waals surface area contributed by atoms with Crippen molar-refractivity contribution in [3.63, 3.8) is 0 Å². The lowest BCUT2D eigenvalue weighted by atomic mass is 10.2. The Labute approximate surface area is 87.6 Å². The molecule has 0 atom stereocenters. The molecule has 13 heavy (non-hydrogen) atoms. The minimum atomic E-state index is -0.728. The summed E-state index contributed by atoms with van der Waals surface area (Å²) in [4.78, 5) is 14.2. The van der Waals surface area contributed by atoms with Gasteiger partial charge in [0.25, 0.3) is 5.91 Å². The largest absolute Gasteiger partial charge is 0.288 e. The predicted octanol–water partition coefficient (Wildman–Crippen LogP) is 2.83. The highest BCUT2D eigenvalue weighted by Gasteiger charge is 2.10. The Hall–Kier alpha value is -0.900. The summed E-state index contributed by atoms with van der Waals surface area (Å²) < 4.78 is 13.6. The number of isothiocyanates is 1. The van der Waals surface area contributed by atoms with Crippen molar-refractivity contribution in [3.05, 3.63) is 34.1 Å². The molecule has 0 aromatic heterocycles. The van der Waals surface area contributed by atoms with Gasteiger partial charge >= 0.3 is 0 Å². The van der Waals surface area contributed by atoms with E-state index in [0.717, 1.165) is 0 Å². The van der Waals surface area contributed by atoms with Crippen LogP contribution in [0.15, 0.2) is 27.7 Å². The molecule has 0 saturated heterocycles. The van der Waals surface area contributed by atoms with Crippen molar-refractivity contribution in [2.75, 3.05) is 0 Å². The zero-order chi connectivity index (χ0) is 9.84. The fourth-order valence-electron chi connectivity index (χ4n) is 0.763. The monoisotopic (exact) mass is 259 g/mol. The molecule has 5 heteroatoms. The molecule has 0 heterocycles. The maximum absolute atomic E-state index is 13.0. The van der Waals surface area contributed by atoms with Gasteiger partial charge in [-0.2, -0.15) is 4.99 Å². The van der Waals surface area contributed by atoms with E-state index >= 15 is 0 Å². The van der Waals surface area contributed by atoms with E-state index in [0.29, 0.717) is 4.47 Å². The van der Waals surface area contributed by atoms with Crippen LogP contribution in [-0.4, -0.2) is 11.1 Å². The zero-order valence-electron chi connectivity index (χ0n) is 6.25. The quantitative estimate of drug-likeness (QED) is 0.574. The van der Waals surface area contributed by atoms with Crippen LogP contribution in [-0.2, 0) is 0 Å². The molecule has 0 aliphatic carbocycles. The highest BCUT2D eigenvalue weighted by Crippen LogP contribution is 2.16. The van der Waals surface area contributed by atoms with Crippen LogP contribution in [0.4, 0.5) is 4.39 Å². The molecule has 0 aliphatic rings. The molecule has 1 aromatic carbocycles. The second-order valence-corrected chi connectivity index (χ2v) is 3.23. The minimum Gasteiger partial charge on any atom is -0.266 e. The first-order chi connectivity index (χ1) is 6.15. The molecule has 0 aliphatic heterocycles. The van der Waals surface area contributed by atoms with E-state index in [9.17, 15) is 9.18 Å². The molecule has 0 fully saturated rings. The Morgan fingerprint density at radius 2 is 2.31 bits per heavy atom.